The maximum atomic E-state index is 13.0. The molecule has 0 aliphatic carbocycles. The molecule has 0 saturated carbocycles. The number of piperidine rings is 1. The number of nitrogens with zero attached hydrogens (tertiary/aromatic N) is 2. The minimum absolute atomic E-state index is 0.0882. The zero-order valence-corrected chi connectivity index (χ0v) is 23.3. The summed E-state index contributed by atoms with van der Waals surface area (Å²) in [5.74, 6) is 0.238. The van der Waals surface area contributed by atoms with E-state index in [2.05, 4.69) is 31.3 Å². The number of likely N-dealkylation sites (tertiary alicyclic amines) is 1. The highest BCUT2D eigenvalue weighted by Gasteiger charge is 2.41. The number of amides is 2. The van der Waals surface area contributed by atoms with Gasteiger partial charge in [0.25, 0.3) is 5.91 Å². The molecule has 2 amide bonds. The fourth-order valence-electron chi connectivity index (χ4n) is 6.21. The van der Waals surface area contributed by atoms with E-state index in [4.69, 9.17) is 10.5 Å². The third-order valence-corrected chi connectivity index (χ3v) is 8.64. The summed E-state index contributed by atoms with van der Waals surface area (Å²) in [5, 5.41) is 3.06. The molecular weight excluding hydrogens is 476 g/mol. The lowest BCUT2D eigenvalue weighted by molar-refractivity contribution is -0.954. The van der Waals surface area contributed by atoms with Crippen LogP contribution in [0.25, 0.3) is 0 Å². The molecule has 7 heteroatoms. The summed E-state index contributed by atoms with van der Waals surface area (Å²) >= 11 is 0. The maximum absolute atomic E-state index is 13.0. The van der Waals surface area contributed by atoms with E-state index in [9.17, 15) is 9.59 Å². The SMILES string of the molecule is CCC[N+]1(C(C)Cc2cccc(NC(=O)c3ccc(C)cc3)c2)CCC(C(N)C(=O)N2CCOCC2)CC1. The van der Waals surface area contributed by atoms with Crippen LogP contribution in [0, 0.1) is 12.8 Å². The summed E-state index contributed by atoms with van der Waals surface area (Å²) in [6.07, 6.45) is 4.03. The Bertz CT molecular complexity index is 1070. The van der Waals surface area contributed by atoms with Crippen LogP contribution in [0.2, 0.25) is 0 Å². The van der Waals surface area contributed by atoms with Gasteiger partial charge in [-0.2, -0.15) is 0 Å². The number of ether oxygens (including phenoxy) is 1. The average molecular weight is 522 g/mol. The van der Waals surface area contributed by atoms with Crippen LogP contribution in [0.15, 0.2) is 48.5 Å². The largest absolute Gasteiger partial charge is 0.378 e. The van der Waals surface area contributed by atoms with E-state index in [0.717, 1.165) is 61.1 Å². The smallest absolute Gasteiger partial charge is 0.255 e. The minimum atomic E-state index is -0.416. The van der Waals surface area contributed by atoms with Crippen molar-refractivity contribution in [3.05, 3.63) is 65.2 Å². The van der Waals surface area contributed by atoms with Gasteiger partial charge in [0.05, 0.1) is 44.9 Å². The number of morpholine rings is 1. The summed E-state index contributed by atoms with van der Waals surface area (Å²) in [4.78, 5) is 27.6. The van der Waals surface area contributed by atoms with Crippen LogP contribution >= 0.6 is 0 Å². The number of carbonyl (C=O) groups is 2. The number of quaternary nitrogens is 1. The number of nitrogens with one attached hydrogen (secondary N) is 1. The number of rotatable bonds is 9. The van der Waals surface area contributed by atoms with E-state index in [0.29, 0.717) is 37.9 Å². The van der Waals surface area contributed by atoms with Crippen molar-refractivity contribution in [2.24, 2.45) is 11.7 Å². The van der Waals surface area contributed by atoms with Gasteiger partial charge >= 0.3 is 0 Å². The fourth-order valence-corrected chi connectivity index (χ4v) is 6.21. The van der Waals surface area contributed by atoms with Crippen molar-refractivity contribution in [2.75, 3.05) is 51.3 Å². The van der Waals surface area contributed by atoms with Crippen molar-refractivity contribution in [2.45, 2.75) is 58.5 Å². The van der Waals surface area contributed by atoms with Gasteiger partial charge in [-0.05, 0) is 56.0 Å². The summed E-state index contributed by atoms with van der Waals surface area (Å²) in [7, 11) is 0. The van der Waals surface area contributed by atoms with E-state index in [-0.39, 0.29) is 17.7 Å². The van der Waals surface area contributed by atoms with Crippen LogP contribution in [-0.4, -0.2) is 79.2 Å². The Balaban J connectivity index is 1.37. The predicted molar refractivity (Wildman–Crippen MR) is 152 cm³/mol. The van der Waals surface area contributed by atoms with Crippen LogP contribution < -0.4 is 11.1 Å². The number of benzene rings is 2. The molecule has 2 heterocycles. The molecule has 2 aromatic carbocycles. The Kier molecular flexibility index (Phi) is 9.58. The van der Waals surface area contributed by atoms with Crippen LogP contribution in [0.4, 0.5) is 5.69 Å². The number of aryl methyl sites for hydroxylation is 1. The Morgan fingerprint density at radius 2 is 1.79 bits per heavy atom. The van der Waals surface area contributed by atoms with Gasteiger partial charge < -0.3 is 25.2 Å². The standard InChI is InChI=1S/C31H44N4O3/c1-4-16-35(17-12-26(13-18-35)29(32)31(37)34-14-19-38-20-15-34)24(3)21-25-6-5-7-28(22-25)33-30(36)27-10-8-23(2)9-11-27/h5-11,22,24,26,29H,4,12-21,32H2,1-3H3/p+1. The predicted octanol–water partition coefficient (Wildman–Crippen LogP) is 4.00. The molecule has 2 atom stereocenters. The Labute approximate surface area is 227 Å². The zero-order valence-electron chi connectivity index (χ0n) is 23.3. The quantitative estimate of drug-likeness (QED) is 0.489. The molecule has 206 valence electrons. The van der Waals surface area contributed by atoms with Gasteiger partial charge in [0, 0.05) is 43.6 Å². The average Bonchev–Trinajstić information content (AvgIpc) is 2.94. The Morgan fingerprint density at radius 1 is 1.11 bits per heavy atom. The monoisotopic (exact) mass is 521 g/mol. The minimum Gasteiger partial charge on any atom is -0.378 e. The van der Waals surface area contributed by atoms with Crippen molar-refractivity contribution in [1.29, 1.82) is 0 Å². The van der Waals surface area contributed by atoms with Crippen molar-refractivity contribution in [3.63, 3.8) is 0 Å². The molecule has 2 aromatic rings. The molecule has 0 spiro atoms. The molecule has 0 radical (unpaired) electrons. The van der Waals surface area contributed by atoms with Gasteiger partial charge in [-0.25, -0.2) is 0 Å². The van der Waals surface area contributed by atoms with Crippen LogP contribution in [0.1, 0.15) is 54.6 Å². The van der Waals surface area contributed by atoms with E-state index in [1.54, 1.807) is 0 Å². The molecule has 2 saturated heterocycles. The highest BCUT2D eigenvalue weighted by molar-refractivity contribution is 6.04. The molecule has 4 rings (SSSR count). The summed E-state index contributed by atoms with van der Waals surface area (Å²) in [6, 6.07) is 15.9. The molecule has 7 nitrogen and oxygen atoms in total. The first-order valence-electron chi connectivity index (χ1n) is 14.3. The second-order valence-electron chi connectivity index (χ2n) is 11.3. The first-order chi connectivity index (χ1) is 18.3. The van der Waals surface area contributed by atoms with Gasteiger partial charge in [0.15, 0.2) is 0 Å². The van der Waals surface area contributed by atoms with Crippen LogP contribution in [-0.2, 0) is 16.0 Å². The number of carbonyl (C=O) groups excluding carboxylic acids is 2. The number of anilines is 1. The van der Waals surface area contributed by atoms with E-state index in [1.165, 1.54) is 5.56 Å². The highest BCUT2D eigenvalue weighted by atomic mass is 16.5. The topological polar surface area (TPSA) is 84.7 Å². The lowest BCUT2D eigenvalue weighted by atomic mass is 9.86. The highest BCUT2D eigenvalue weighted by Crippen LogP contribution is 2.31. The molecule has 2 unspecified atom stereocenters. The second kappa shape index (κ2) is 12.9. The van der Waals surface area contributed by atoms with Crippen molar-refractivity contribution in [1.82, 2.24) is 4.90 Å². The van der Waals surface area contributed by atoms with E-state index in [1.807, 2.05) is 48.2 Å². The van der Waals surface area contributed by atoms with E-state index < -0.39 is 6.04 Å². The molecule has 2 aliphatic heterocycles. The van der Waals surface area contributed by atoms with Gasteiger partial charge in [0.1, 0.15) is 0 Å². The number of hydrogen-bond acceptors (Lipinski definition) is 4. The van der Waals surface area contributed by atoms with Gasteiger partial charge in [-0.3, -0.25) is 9.59 Å². The maximum Gasteiger partial charge on any atom is 0.255 e. The van der Waals surface area contributed by atoms with Gasteiger partial charge in [0.2, 0.25) is 5.91 Å². The summed E-state index contributed by atoms with van der Waals surface area (Å²) < 4.78 is 6.46. The zero-order chi connectivity index (χ0) is 27.1. The van der Waals surface area contributed by atoms with Crippen molar-refractivity contribution >= 4 is 17.5 Å². The number of hydrogen-bond donors (Lipinski definition) is 2. The number of nitrogens with two attached hydrogens (primary N) is 1. The molecule has 0 aromatic heterocycles. The Hall–Kier alpha value is -2.74. The molecule has 2 aliphatic rings. The molecule has 0 bridgehead atoms. The normalized spacial score (nSPS) is 23.5. The molecule has 3 N–H and O–H groups in total. The Morgan fingerprint density at radius 3 is 2.45 bits per heavy atom. The first-order valence-corrected chi connectivity index (χ1v) is 14.3. The summed E-state index contributed by atoms with van der Waals surface area (Å²) in [6.45, 7) is 12.4. The van der Waals surface area contributed by atoms with Gasteiger partial charge in [-0.1, -0.05) is 36.8 Å². The van der Waals surface area contributed by atoms with Crippen LogP contribution in [0.5, 0.6) is 0 Å². The summed E-state index contributed by atoms with van der Waals surface area (Å²) in [5.41, 5.74) is 10.4. The molecular formula is C31H45N4O3+. The van der Waals surface area contributed by atoms with Gasteiger partial charge in [-0.15, -0.1) is 0 Å². The van der Waals surface area contributed by atoms with E-state index >= 15 is 0 Å². The first kappa shape index (κ1) is 28.3. The lowest BCUT2D eigenvalue weighted by Gasteiger charge is -2.49. The molecule has 2 fully saturated rings. The van der Waals surface area contributed by atoms with Crippen molar-refractivity contribution < 1.29 is 18.8 Å². The fraction of sp³-hybridized carbons (Fsp3) is 0.548. The second-order valence-corrected chi connectivity index (χ2v) is 11.3. The lowest BCUT2D eigenvalue weighted by Crippen LogP contribution is -2.61. The third-order valence-electron chi connectivity index (χ3n) is 8.64. The third kappa shape index (κ3) is 6.82. The van der Waals surface area contributed by atoms with Crippen molar-refractivity contribution in [3.8, 4) is 0 Å². The van der Waals surface area contributed by atoms with Crippen LogP contribution in [0.3, 0.4) is 0 Å². The molecule has 38 heavy (non-hydrogen) atoms.